The molecule has 0 radical (unpaired) electrons. The lowest BCUT2D eigenvalue weighted by molar-refractivity contribution is -0.141. The third-order valence-corrected chi connectivity index (χ3v) is 6.48. The van der Waals surface area contributed by atoms with Crippen LogP contribution >= 0.6 is 15.9 Å². The Morgan fingerprint density at radius 1 is 0.824 bits per heavy atom. The van der Waals surface area contributed by atoms with E-state index in [2.05, 4.69) is 52.4 Å². The van der Waals surface area contributed by atoms with Crippen LogP contribution in [0.5, 0.6) is 0 Å². The summed E-state index contributed by atoms with van der Waals surface area (Å²) in [7, 11) is 0. The number of amides is 2. The summed E-state index contributed by atoms with van der Waals surface area (Å²) in [4.78, 5) is 28.5. The summed E-state index contributed by atoms with van der Waals surface area (Å²) in [6, 6.07) is 25.6. The van der Waals surface area contributed by atoms with Gasteiger partial charge in [-0.25, -0.2) is 0 Å². The molecule has 0 saturated heterocycles. The number of hydrogen-bond acceptors (Lipinski definition) is 2. The Bertz CT molecular complexity index is 1050. The highest BCUT2D eigenvalue weighted by Crippen LogP contribution is 2.19. The van der Waals surface area contributed by atoms with Crippen molar-refractivity contribution in [1.82, 2.24) is 10.2 Å². The number of likely N-dealkylation sites (N-methyl/N-ethyl adjacent to an activating group) is 1. The molecule has 0 bridgehead atoms. The molecule has 0 saturated carbocycles. The van der Waals surface area contributed by atoms with Crippen molar-refractivity contribution in [2.45, 2.75) is 52.1 Å². The van der Waals surface area contributed by atoms with E-state index in [0.717, 1.165) is 27.6 Å². The molecule has 0 aliphatic carbocycles. The van der Waals surface area contributed by atoms with Crippen LogP contribution in [0.25, 0.3) is 0 Å². The van der Waals surface area contributed by atoms with Crippen molar-refractivity contribution in [2.24, 2.45) is 0 Å². The number of rotatable bonds is 11. The zero-order valence-corrected chi connectivity index (χ0v) is 21.6. The molecule has 0 fully saturated rings. The molecule has 3 aromatic carbocycles. The summed E-state index contributed by atoms with van der Waals surface area (Å²) in [5.74, 6) is -0.140. The zero-order chi connectivity index (χ0) is 24.3. The molecule has 5 heteroatoms. The van der Waals surface area contributed by atoms with Gasteiger partial charge >= 0.3 is 0 Å². The average Bonchev–Trinajstić information content (AvgIpc) is 2.87. The maximum absolute atomic E-state index is 13.6. The fourth-order valence-corrected chi connectivity index (χ4v) is 4.23. The van der Waals surface area contributed by atoms with E-state index in [1.807, 2.05) is 61.5 Å². The minimum Gasteiger partial charge on any atom is -0.355 e. The van der Waals surface area contributed by atoms with Crippen LogP contribution in [0.15, 0.2) is 83.3 Å². The Hall–Kier alpha value is -2.92. The summed E-state index contributed by atoms with van der Waals surface area (Å²) in [6.45, 7) is 4.94. The molecule has 0 aliphatic rings. The average molecular weight is 521 g/mol. The number of hydrogen-bond donors (Lipinski definition) is 1. The zero-order valence-electron chi connectivity index (χ0n) is 20.0. The largest absolute Gasteiger partial charge is 0.355 e. The molecule has 0 spiro atoms. The molecule has 4 nitrogen and oxygen atoms in total. The van der Waals surface area contributed by atoms with Crippen molar-refractivity contribution in [3.63, 3.8) is 0 Å². The van der Waals surface area contributed by atoms with E-state index in [1.54, 1.807) is 4.90 Å². The number of carbonyl (C=O) groups excluding carboxylic acids is 2. The molecule has 178 valence electrons. The van der Waals surface area contributed by atoms with Crippen molar-refractivity contribution in [2.75, 3.05) is 6.54 Å². The van der Waals surface area contributed by atoms with Crippen molar-refractivity contribution >= 4 is 27.7 Å². The van der Waals surface area contributed by atoms with Gasteiger partial charge in [0.15, 0.2) is 0 Å². The number of nitrogens with one attached hydrogen (secondary N) is 1. The third-order valence-electron chi connectivity index (χ3n) is 5.95. The molecule has 3 rings (SSSR count). The van der Waals surface area contributed by atoms with E-state index < -0.39 is 6.04 Å². The van der Waals surface area contributed by atoms with E-state index in [4.69, 9.17) is 0 Å². The SMILES string of the molecule is CCNC(=O)C(Cc1ccccc1)N(Cc1ccc(Br)cc1)C(=O)CCc1ccc(CC)cc1. The van der Waals surface area contributed by atoms with Gasteiger partial charge in [-0.2, -0.15) is 0 Å². The molecule has 1 N–H and O–H groups in total. The van der Waals surface area contributed by atoms with Gasteiger partial charge in [-0.3, -0.25) is 9.59 Å². The molecule has 1 unspecified atom stereocenters. The minimum atomic E-state index is -0.582. The van der Waals surface area contributed by atoms with Gasteiger partial charge in [-0.1, -0.05) is 89.6 Å². The molecular formula is C29H33BrN2O2. The summed E-state index contributed by atoms with van der Waals surface area (Å²) >= 11 is 3.47. The van der Waals surface area contributed by atoms with Gasteiger partial charge in [-0.15, -0.1) is 0 Å². The maximum atomic E-state index is 13.6. The van der Waals surface area contributed by atoms with Crippen LogP contribution in [0.3, 0.4) is 0 Å². The lowest BCUT2D eigenvalue weighted by Crippen LogP contribution is -2.50. The van der Waals surface area contributed by atoms with Gasteiger partial charge in [-0.05, 0) is 54.2 Å². The van der Waals surface area contributed by atoms with Crippen molar-refractivity contribution in [1.29, 1.82) is 0 Å². The highest BCUT2D eigenvalue weighted by atomic mass is 79.9. The van der Waals surface area contributed by atoms with Gasteiger partial charge in [0.05, 0.1) is 0 Å². The quantitative estimate of drug-likeness (QED) is 0.351. The van der Waals surface area contributed by atoms with Gasteiger partial charge in [0, 0.05) is 30.4 Å². The third kappa shape index (κ3) is 7.56. The second-order valence-electron chi connectivity index (χ2n) is 8.42. The smallest absolute Gasteiger partial charge is 0.243 e. The number of aryl methyl sites for hydroxylation is 2. The van der Waals surface area contributed by atoms with Crippen LogP contribution in [0, 0.1) is 0 Å². The highest BCUT2D eigenvalue weighted by Gasteiger charge is 2.29. The number of halogens is 1. The molecule has 0 heterocycles. The Morgan fingerprint density at radius 2 is 1.44 bits per heavy atom. The first-order valence-electron chi connectivity index (χ1n) is 11.9. The number of carbonyl (C=O) groups is 2. The molecule has 3 aromatic rings. The summed E-state index contributed by atoms with van der Waals surface area (Å²) in [6.07, 6.45) is 2.47. The molecule has 2 amide bonds. The van der Waals surface area contributed by atoms with Crippen molar-refractivity contribution < 1.29 is 9.59 Å². The Morgan fingerprint density at radius 3 is 2.06 bits per heavy atom. The molecule has 34 heavy (non-hydrogen) atoms. The van der Waals surface area contributed by atoms with Crippen LogP contribution < -0.4 is 5.32 Å². The van der Waals surface area contributed by atoms with Gasteiger partial charge in [0.2, 0.25) is 11.8 Å². The summed E-state index contributed by atoms with van der Waals surface area (Å²) in [5, 5.41) is 2.94. The maximum Gasteiger partial charge on any atom is 0.243 e. The fourth-order valence-electron chi connectivity index (χ4n) is 3.97. The first kappa shape index (κ1) is 25.7. The van der Waals surface area contributed by atoms with Crippen LogP contribution in [-0.2, 0) is 35.4 Å². The van der Waals surface area contributed by atoms with Crippen molar-refractivity contribution in [3.05, 3.63) is 106 Å². The van der Waals surface area contributed by atoms with Crippen LogP contribution in [-0.4, -0.2) is 29.3 Å². The van der Waals surface area contributed by atoms with E-state index in [1.165, 1.54) is 5.56 Å². The van der Waals surface area contributed by atoms with E-state index in [9.17, 15) is 9.59 Å². The van der Waals surface area contributed by atoms with Gasteiger partial charge in [0.1, 0.15) is 6.04 Å². The number of benzene rings is 3. The fraction of sp³-hybridized carbons (Fsp3) is 0.310. The second-order valence-corrected chi connectivity index (χ2v) is 9.33. The normalized spacial score (nSPS) is 11.6. The van der Waals surface area contributed by atoms with Gasteiger partial charge < -0.3 is 10.2 Å². The second kappa shape index (κ2) is 13.1. The van der Waals surface area contributed by atoms with Crippen LogP contribution in [0.1, 0.15) is 42.5 Å². The predicted octanol–water partition coefficient (Wildman–Crippen LogP) is 5.72. The van der Waals surface area contributed by atoms with Crippen LogP contribution in [0.2, 0.25) is 0 Å². The Balaban J connectivity index is 1.85. The van der Waals surface area contributed by atoms with Gasteiger partial charge in [0.25, 0.3) is 0 Å². The van der Waals surface area contributed by atoms with Crippen LogP contribution in [0.4, 0.5) is 0 Å². The predicted molar refractivity (Wildman–Crippen MR) is 141 cm³/mol. The van der Waals surface area contributed by atoms with E-state index >= 15 is 0 Å². The topological polar surface area (TPSA) is 49.4 Å². The summed E-state index contributed by atoms with van der Waals surface area (Å²) < 4.78 is 0.981. The molecule has 0 aliphatic heterocycles. The van der Waals surface area contributed by atoms with E-state index in [-0.39, 0.29) is 11.8 Å². The Labute approximate surface area is 211 Å². The summed E-state index contributed by atoms with van der Waals surface area (Å²) in [5.41, 5.74) is 4.44. The number of nitrogens with zero attached hydrogens (tertiary/aromatic N) is 1. The minimum absolute atomic E-state index is 0.0188. The molecular weight excluding hydrogens is 488 g/mol. The first-order valence-corrected chi connectivity index (χ1v) is 12.7. The Kier molecular flexibility index (Phi) is 9.89. The van der Waals surface area contributed by atoms with E-state index in [0.29, 0.717) is 32.4 Å². The lowest BCUT2D eigenvalue weighted by atomic mass is 10.0. The lowest BCUT2D eigenvalue weighted by Gasteiger charge is -2.31. The molecule has 0 aromatic heterocycles. The monoisotopic (exact) mass is 520 g/mol. The first-order chi connectivity index (χ1) is 16.5. The highest BCUT2D eigenvalue weighted by molar-refractivity contribution is 9.10. The standard InChI is InChI=1S/C29H33BrN2O2/c1-3-22-10-12-23(13-11-22)16-19-28(33)32(21-25-14-17-26(30)18-15-25)27(29(34)31-4-2)20-24-8-6-5-7-9-24/h5-15,17-18,27H,3-4,16,19-21H2,1-2H3,(H,31,34). The molecule has 1 atom stereocenters. The van der Waals surface area contributed by atoms with Crippen molar-refractivity contribution in [3.8, 4) is 0 Å².